The van der Waals surface area contributed by atoms with Gasteiger partial charge in [0.2, 0.25) is 0 Å². The van der Waals surface area contributed by atoms with Crippen LogP contribution in [0.25, 0.3) is 0 Å². The molecule has 2 heterocycles. The van der Waals surface area contributed by atoms with Crippen LogP contribution in [0.5, 0.6) is 5.75 Å². The van der Waals surface area contributed by atoms with Gasteiger partial charge in [-0.05, 0) is 44.4 Å². The predicted molar refractivity (Wildman–Crippen MR) is 101 cm³/mol. The van der Waals surface area contributed by atoms with Crippen molar-refractivity contribution in [2.24, 2.45) is 0 Å². The SMILES string of the molecule is CCc1cc(C)c(N2CCC(N3CCN(C)CC3)CC2)cc1OC. The summed E-state index contributed by atoms with van der Waals surface area (Å²) in [5, 5.41) is 0. The minimum absolute atomic E-state index is 0.770. The number of rotatable bonds is 4. The van der Waals surface area contributed by atoms with Gasteiger partial charge in [-0.1, -0.05) is 13.0 Å². The first-order chi connectivity index (χ1) is 11.6. The highest BCUT2D eigenvalue weighted by atomic mass is 16.5. The second kappa shape index (κ2) is 7.75. The van der Waals surface area contributed by atoms with Crippen LogP contribution in [0.1, 0.15) is 30.9 Å². The van der Waals surface area contributed by atoms with E-state index in [-0.39, 0.29) is 0 Å². The summed E-state index contributed by atoms with van der Waals surface area (Å²) in [5.41, 5.74) is 4.05. The molecule has 0 aromatic heterocycles. The van der Waals surface area contributed by atoms with Gasteiger partial charge < -0.3 is 14.5 Å². The molecule has 0 aliphatic carbocycles. The van der Waals surface area contributed by atoms with Gasteiger partial charge in [0, 0.05) is 57.1 Å². The number of hydrogen-bond acceptors (Lipinski definition) is 4. The second-order valence-corrected chi connectivity index (χ2v) is 7.36. The van der Waals surface area contributed by atoms with Crippen molar-refractivity contribution < 1.29 is 4.74 Å². The number of hydrogen-bond donors (Lipinski definition) is 0. The zero-order chi connectivity index (χ0) is 17.1. The van der Waals surface area contributed by atoms with E-state index >= 15 is 0 Å². The van der Waals surface area contributed by atoms with Crippen molar-refractivity contribution in [1.29, 1.82) is 0 Å². The van der Waals surface area contributed by atoms with Crippen molar-refractivity contribution in [2.45, 2.75) is 39.2 Å². The zero-order valence-electron chi connectivity index (χ0n) is 15.8. The number of aryl methyl sites for hydroxylation is 2. The lowest BCUT2D eigenvalue weighted by Crippen LogP contribution is -2.52. The number of benzene rings is 1. The van der Waals surface area contributed by atoms with Gasteiger partial charge in [-0.25, -0.2) is 0 Å². The lowest BCUT2D eigenvalue weighted by molar-refractivity contribution is 0.0982. The Morgan fingerprint density at radius 2 is 1.71 bits per heavy atom. The summed E-state index contributed by atoms with van der Waals surface area (Å²) >= 11 is 0. The Morgan fingerprint density at radius 1 is 1.04 bits per heavy atom. The van der Waals surface area contributed by atoms with Crippen LogP contribution in [-0.2, 0) is 6.42 Å². The number of anilines is 1. The second-order valence-electron chi connectivity index (χ2n) is 7.36. The van der Waals surface area contributed by atoms with Crippen LogP contribution in [0, 0.1) is 6.92 Å². The van der Waals surface area contributed by atoms with Crippen LogP contribution in [0.4, 0.5) is 5.69 Å². The van der Waals surface area contributed by atoms with E-state index in [9.17, 15) is 0 Å². The third kappa shape index (κ3) is 3.70. The predicted octanol–water partition coefficient (Wildman–Crippen LogP) is 2.78. The average molecular weight is 332 g/mol. The highest BCUT2D eigenvalue weighted by Crippen LogP contribution is 2.32. The molecule has 2 aliphatic rings. The molecule has 0 bridgehead atoms. The first-order valence-electron chi connectivity index (χ1n) is 9.47. The molecule has 1 aromatic carbocycles. The van der Waals surface area contributed by atoms with E-state index in [0.29, 0.717) is 0 Å². The first-order valence-corrected chi connectivity index (χ1v) is 9.47. The van der Waals surface area contributed by atoms with Crippen molar-refractivity contribution in [3.05, 3.63) is 23.3 Å². The summed E-state index contributed by atoms with van der Waals surface area (Å²) < 4.78 is 5.61. The molecule has 2 aliphatic heterocycles. The van der Waals surface area contributed by atoms with E-state index in [1.165, 1.54) is 55.8 Å². The average Bonchev–Trinajstić information content (AvgIpc) is 2.62. The topological polar surface area (TPSA) is 19.0 Å². The van der Waals surface area contributed by atoms with Crippen LogP contribution in [0.3, 0.4) is 0 Å². The third-order valence-electron chi connectivity index (χ3n) is 5.84. The van der Waals surface area contributed by atoms with E-state index in [0.717, 1.165) is 31.3 Å². The maximum absolute atomic E-state index is 5.61. The smallest absolute Gasteiger partial charge is 0.124 e. The monoisotopic (exact) mass is 331 g/mol. The van der Waals surface area contributed by atoms with E-state index < -0.39 is 0 Å². The van der Waals surface area contributed by atoms with Crippen LogP contribution in [0.15, 0.2) is 12.1 Å². The zero-order valence-corrected chi connectivity index (χ0v) is 15.8. The number of nitrogens with zero attached hydrogens (tertiary/aromatic N) is 3. The van der Waals surface area contributed by atoms with E-state index in [1.807, 2.05) is 0 Å². The quantitative estimate of drug-likeness (QED) is 0.844. The van der Waals surface area contributed by atoms with Gasteiger partial charge in [0.15, 0.2) is 0 Å². The number of likely N-dealkylation sites (N-methyl/N-ethyl adjacent to an activating group) is 1. The Bertz CT molecular complexity index is 544. The van der Waals surface area contributed by atoms with Gasteiger partial charge in [-0.2, -0.15) is 0 Å². The summed E-state index contributed by atoms with van der Waals surface area (Å²) in [7, 11) is 4.02. The number of methoxy groups -OCH3 is 1. The maximum Gasteiger partial charge on any atom is 0.124 e. The molecule has 0 saturated carbocycles. The summed E-state index contributed by atoms with van der Waals surface area (Å²) in [6, 6.07) is 5.33. The minimum Gasteiger partial charge on any atom is -0.496 e. The first kappa shape index (κ1) is 17.6. The van der Waals surface area contributed by atoms with Crippen LogP contribution in [0.2, 0.25) is 0 Å². The number of piperidine rings is 1. The molecule has 24 heavy (non-hydrogen) atoms. The van der Waals surface area contributed by atoms with Crippen molar-refractivity contribution in [2.75, 3.05) is 58.3 Å². The Balaban J connectivity index is 1.64. The fourth-order valence-electron chi connectivity index (χ4n) is 4.20. The van der Waals surface area contributed by atoms with Gasteiger partial charge in [-0.3, -0.25) is 4.90 Å². The van der Waals surface area contributed by atoms with E-state index in [1.54, 1.807) is 7.11 Å². The molecule has 0 N–H and O–H groups in total. The molecule has 0 amide bonds. The van der Waals surface area contributed by atoms with Crippen molar-refractivity contribution in [3.8, 4) is 5.75 Å². The molecule has 4 heteroatoms. The van der Waals surface area contributed by atoms with Crippen molar-refractivity contribution in [3.63, 3.8) is 0 Å². The molecule has 1 aromatic rings. The molecule has 0 radical (unpaired) electrons. The molecule has 3 rings (SSSR count). The van der Waals surface area contributed by atoms with Gasteiger partial charge in [-0.15, -0.1) is 0 Å². The van der Waals surface area contributed by atoms with Crippen LogP contribution >= 0.6 is 0 Å². The summed E-state index contributed by atoms with van der Waals surface area (Å²) in [4.78, 5) is 7.71. The molecular formula is C20H33N3O. The normalized spacial score (nSPS) is 21.2. The molecule has 4 nitrogen and oxygen atoms in total. The van der Waals surface area contributed by atoms with E-state index in [2.05, 4.69) is 47.7 Å². The largest absolute Gasteiger partial charge is 0.496 e. The lowest BCUT2D eigenvalue weighted by Gasteiger charge is -2.43. The van der Waals surface area contributed by atoms with Crippen molar-refractivity contribution in [1.82, 2.24) is 9.80 Å². The molecule has 134 valence electrons. The van der Waals surface area contributed by atoms with Gasteiger partial charge in [0.1, 0.15) is 5.75 Å². The molecule has 0 unspecified atom stereocenters. The molecule has 2 saturated heterocycles. The van der Waals surface area contributed by atoms with E-state index in [4.69, 9.17) is 4.74 Å². The summed E-state index contributed by atoms with van der Waals surface area (Å²) in [5.74, 6) is 1.04. The Kier molecular flexibility index (Phi) is 5.67. The minimum atomic E-state index is 0.770. The van der Waals surface area contributed by atoms with Gasteiger partial charge in [0.25, 0.3) is 0 Å². The van der Waals surface area contributed by atoms with Crippen molar-refractivity contribution >= 4 is 5.69 Å². The van der Waals surface area contributed by atoms with Crippen LogP contribution < -0.4 is 9.64 Å². The van der Waals surface area contributed by atoms with Gasteiger partial charge in [0.05, 0.1) is 7.11 Å². The Morgan fingerprint density at radius 3 is 2.29 bits per heavy atom. The fraction of sp³-hybridized carbons (Fsp3) is 0.700. The summed E-state index contributed by atoms with van der Waals surface area (Å²) in [6.07, 6.45) is 3.58. The number of ether oxygens (including phenoxy) is 1. The summed E-state index contributed by atoms with van der Waals surface area (Å²) in [6.45, 7) is 11.7. The third-order valence-corrected chi connectivity index (χ3v) is 5.84. The fourth-order valence-corrected chi connectivity index (χ4v) is 4.20. The molecule has 2 fully saturated rings. The standard InChI is InChI=1S/C20H33N3O/c1-5-17-14-16(2)19(15-20(17)24-4)23-8-6-18(7-9-23)22-12-10-21(3)11-13-22/h14-15,18H,5-13H2,1-4H3. The molecule has 0 spiro atoms. The molecular weight excluding hydrogens is 298 g/mol. The Labute approximate surface area is 147 Å². The van der Waals surface area contributed by atoms with Crippen LogP contribution in [-0.4, -0.2) is 69.3 Å². The highest BCUT2D eigenvalue weighted by Gasteiger charge is 2.27. The molecule has 0 atom stereocenters. The number of piperazine rings is 1. The van der Waals surface area contributed by atoms with Gasteiger partial charge >= 0.3 is 0 Å². The Hall–Kier alpha value is -1.26. The lowest BCUT2D eigenvalue weighted by atomic mass is 9.99. The highest BCUT2D eigenvalue weighted by molar-refractivity contribution is 5.59. The maximum atomic E-state index is 5.61.